The molecule has 0 bridgehead atoms. The number of carbonyl (C=O) groups excluding carboxylic acids is 1. The number of aromatic amines is 1. The minimum atomic E-state index is -4.66. The van der Waals surface area contributed by atoms with E-state index in [1.54, 1.807) is 0 Å². The van der Waals surface area contributed by atoms with Crippen molar-refractivity contribution in [2.24, 2.45) is 5.41 Å². The summed E-state index contributed by atoms with van der Waals surface area (Å²) in [5, 5.41) is 13.3. The van der Waals surface area contributed by atoms with Crippen molar-refractivity contribution < 1.29 is 27.5 Å². The molecule has 0 unspecified atom stereocenters. The predicted molar refractivity (Wildman–Crippen MR) is 108 cm³/mol. The number of amides is 1. The van der Waals surface area contributed by atoms with Crippen molar-refractivity contribution in [2.75, 3.05) is 13.1 Å². The Labute approximate surface area is 184 Å². The average Bonchev–Trinajstić information content (AvgIpc) is 3.13. The number of nitrogens with one attached hydrogen (secondary N) is 1. The average molecular weight is 462 g/mol. The number of alkyl halides is 3. The van der Waals surface area contributed by atoms with Gasteiger partial charge in [0.25, 0.3) is 11.5 Å². The Kier molecular flexibility index (Phi) is 4.62. The van der Waals surface area contributed by atoms with Crippen molar-refractivity contribution in [3.8, 4) is 17.0 Å². The number of aromatic nitrogens is 3. The fourth-order valence-corrected chi connectivity index (χ4v) is 4.76. The van der Waals surface area contributed by atoms with Crippen molar-refractivity contribution >= 4 is 5.91 Å². The summed E-state index contributed by atoms with van der Waals surface area (Å²) < 4.78 is 55.2. The van der Waals surface area contributed by atoms with E-state index in [4.69, 9.17) is 0 Å². The van der Waals surface area contributed by atoms with E-state index in [1.807, 2.05) is 0 Å². The first-order valence-corrected chi connectivity index (χ1v) is 10.2. The second-order valence-electron chi connectivity index (χ2n) is 8.66. The second kappa shape index (κ2) is 7.19. The number of rotatable bonds is 3. The van der Waals surface area contributed by atoms with Gasteiger partial charge in [0, 0.05) is 24.7 Å². The van der Waals surface area contributed by atoms with E-state index in [0.29, 0.717) is 25.9 Å². The second-order valence-corrected chi connectivity index (χ2v) is 8.66. The summed E-state index contributed by atoms with van der Waals surface area (Å²) in [5.74, 6) is -1.51. The van der Waals surface area contributed by atoms with Crippen molar-refractivity contribution in [1.29, 1.82) is 0 Å². The summed E-state index contributed by atoms with van der Waals surface area (Å²) in [6, 6.07) is 6.70. The number of hydrogen-bond acceptors (Lipinski definition) is 4. The van der Waals surface area contributed by atoms with Gasteiger partial charge in [-0.05, 0) is 49.2 Å². The maximum Gasteiger partial charge on any atom is 0.435 e. The Morgan fingerprint density at radius 1 is 1.18 bits per heavy atom. The first kappa shape index (κ1) is 21.2. The van der Waals surface area contributed by atoms with Gasteiger partial charge in [-0.1, -0.05) is 0 Å². The monoisotopic (exact) mass is 462 g/mol. The summed E-state index contributed by atoms with van der Waals surface area (Å²) in [7, 11) is 0. The highest BCUT2D eigenvalue weighted by Crippen LogP contribution is 2.55. The van der Waals surface area contributed by atoms with Gasteiger partial charge in [-0.25, -0.2) is 4.39 Å². The molecule has 2 fully saturated rings. The van der Waals surface area contributed by atoms with Crippen LogP contribution in [0.5, 0.6) is 5.75 Å². The lowest BCUT2D eigenvalue weighted by Gasteiger charge is -2.59. The zero-order valence-electron chi connectivity index (χ0n) is 17.1. The van der Waals surface area contributed by atoms with E-state index in [2.05, 4.69) is 10.1 Å². The van der Waals surface area contributed by atoms with Crippen molar-refractivity contribution in [1.82, 2.24) is 19.7 Å². The summed E-state index contributed by atoms with van der Waals surface area (Å²) in [5.41, 5.74) is -1.95. The molecule has 3 heterocycles. The Morgan fingerprint density at radius 3 is 2.58 bits per heavy atom. The van der Waals surface area contributed by atoms with E-state index in [1.165, 1.54) is 27.9 Å². The first-order valence-electron chi connectivity index (χ1n) is 10.2. The van der Waals surface area contributed by atoms with Crippen LogP contribution in [0, 0.1) is 11.2 Å². The van der Waals surface area contributed by atoms with Gasteiger partial charge < -0.3 is 15.0 Å². The summed E-state index contributed by atoms with van der Waals surface area (Å²) in [4.78, 5) is 28.7. The molecule has 172 valence electrons. The SMILES string of the molecule is O=C(c1cc(O)ccc1F)N1CC2(CC(n3nc(C(F)(F)F)cc3-c3ccc[nH]c3=O)C2)C1. The summed E-state index contributed by atoms with van der Waals surface area (Å²) >= 11 is 0. The number of halogens is 4. The van der Waals surface area contributed by atoms with Crippen LogP contribution in [0.4, 0.5) is 17.6 Å². The van der Waals surface area contributed by atoms with Gasteiger partial charge in [-0.15, -0.1) is 0 Å². The number of benzene rings is 1. The quantitative estimate of drug-likeness (QED) is 0.583. The van der Waals surface area contributed by atoms with Crippen LogP contribution in [0.1, 0.15) is 34.9 Å². The number of nitrogens with zero attached hydrogens (tertiary/aromatic N) is 3. The normalized spacial score (nSPS) is 17.6. The largest absolute Gasteiger partial charge is 0.508 e. The smallest absolute Gasteiger partial charge is 0.435 e. The fraction of sp³-hybridized carbons (Fsp3) is 0.318. The molecule has 1 aliphatic heterocycles. The lowest BCUT2D eigenvalue weighted by molar-refractivity contribution is -0.142. The maximum atomic E-state index is 14.0. The number of pyridine rings is 1. The fourth-order valence-electron chi connectivity index (χ4n) is 4.76. The highest BCUT2D eigenvalue weighted by molar-refractivity contribution is 5.95. The highest BCUT2D eigenvalue weighted by atomic mass is 19.4. The van der Waals surface area contributed by atoms with Gasteiger partial charge in [0.1, 0.15) is 11.6 Å². The molecule has 1 aromatic carbocycles. The van der Waals surface area contributed by atoms with Gasteiger partial charge in [0.2, 0.25) is 0 Å². The van der Waals surface area contributed by atoms with Crippen LogP contribution in [0.3, 0.4) is 0 Å². The zero-order valence-corrected chi connectivity index (χ0v) is 17.1. The minimum absolute atomic E-state index is 0.0816. The Bertz CT molecular complexity index is 1300. The van der Waals surface area contributed by atoms with Crippen LogP contribution < -0.4 is 5.56 Å². The van der Waals surface area contributed by atoms with Crippen LogP contribution in [-0.2, 0) is 6.18 Å². The molecule has 1 saturated heterocycles. The number of H-pyrrole nitrogens is 1. The Balaban J connectivity index is 1.34. The van der Waals surface area contributed by atoms with Gasteiger partial charge in [-0.2, -0.15) is 18.3 Å². The van der Waals surface area contributed by atoms with Crippen LogP contribution in [-0.4, -0.2) is 43.8 Å². The predicted octanol–water partition coefficient (Wildman–Crippen LogP) is 3.58. The first-order chi connectivity index (χ1) is 15.6. The lowest BCUT2D eigenvalue weighted by Crippen LogP contribution is -2.64. The minimum Gasteiger partial charge on any atom is -0.508 e. The molecular weight excluding hydrogens is 444 g/mol. The molecule has 1 spiro atoms. The van der Waals surface area contributed by atoms with E-state index >= 15 is 0 Å². The molecule has 2 aliphatic rings. The molecule has 1 saturated carbocycles. The third kappa shape index (κ3) is 3.57. The number of hydrogen-bond donors (Lipinski definition) is 2. The number of phenolic OH excluding ortho intramolecular Hbond substituents is 1. The third-order valence-electron chi connectivity index (χ3n) is 6.32. The van der Waals surface area contributed by atoms with E-state index in [9.17, 15) is 32.3 Å². The van der Waals surface area contributed by atoms with Gasteiger partial charge in [0.05, 0.1) is 22.9 Å². The molecule has 2 N–H and O–H groups in total. The standard InChI is InChI=1S/C22H18F4N4O3/c23-16-4-3-13(31)6-15(16)20(33)29-10-21(11-29)8-12(9-21)30-17(7-18(28-30)22(24,25)26)14-2-1-5-27-19(14)32/h1-7,12,31H,8-11H2,(H,27,32). The lowest BCUT2D eigenvalue weighted by atomic mass is 9.60. The maximum absolute atomic E-state index is 14.0. The van der Waals surface area contributed by atoms with E-state index < -0.39 is 29.2 Å². The summed E-state index contributed by atoms with van der Waals surface area (Å²) in [6.45, 7) is 0.651. The van der Waals surface area contributed by atoms with E-state index in [0.717, 1.165) is 24.3 Å². The third-order valence-corrected chi connectivity index (χ3v) is 6.32. The molecule has 5 rings (SSSR count). The van der Waals surface area contributed by atoms with Crippen molar-refractivity contribution in [3.63, 3.8) is 0 Å². The summed E-state index contributed by atoms with van der Waals surface area (Å²) in [6.07, 6.45) is -2.33. The van der Waals surface area contributed by atoms with Crippen molar-refractivity contribution in [3.05, 3.63) is 70.0 Å². The number of likely N-dealkylation sites (tertiary alicyclic amines) is 1. The molecule has 2 aromatic heterocycles. The number of carbonyl (C=O) groups is 1. The molecule has 33 heavy (non-hydrogen) atoms. The molecule has 0 atom stereocenters. The molecule has 1 amide bonds. The molecule has 11 heteroatoms. The highest BCUT2D eigenvalue weighted by Gasteiger charge is 2.55. The molecule has 3 aromatic rings. The Morgan fingerprint density at radius 2 is 1.91 bits per heavy atom. The molecule has 1 aliphatic carbocycles. The number of aromatic hydroxyl groups is 1. The van der Waals surface area contributed by atoms with Crippen LogP contribution in [0.2, 0.25) is 0 Å². The molecule has 0 radical (unpaired) electrons. The van der Waals surface area contributed by atoms with Crippen LogP contribution in [0.25, 0.3) is 11.3 Å². The van der Waals surface area contributed by atoms with Gasteiger partial charge >= 0.3 is 6.18 Å². The Hall–Kier alpha value is -3.63. The zero-order chi connectivity index (χ0) is 23.5. The molecular formula is C22H18F4N4O3. The van der Waals surface area contributed by atoms with Gasteiger partial charge in [0.15, 0.2) is 5.69 Å². The van der Waals surface area contributed by atoms with Crippen LogP contribution >= 0.6 is 0 Å². The van der Waals surface area contributed by atoms with Crippen molar-refractivity contribution in [2.45, 2.75) is 25.1 Å². The molecule has 7 nitrogen and oxygen atoms in total. The topological polar surface area (TPSA) is 91.2 Å². The van der Waals surface area contributed by atoms with Gasteiger partial charge in [-0.3, -0.25) is 14.3 Å². The van der Waals surface area contributed by atoms with Crippen LogP contribution in [0.15, 0.2) is 47.4 Å². The number of phenols is 1. The van der Waals surface area contributed by atoms with E-state index in [-0.39, 0.29) is 34.0 Å².